The molecule has 15 heavy (non-hydrogen) atoms. The van der Waals surface area contributed by atoms with Crippen LogP contribution in [0.15, 0.2) is 24.3 Å². The van der Waals surface area contributed by atoms with Gasteiger partial charge in [0.15, 0.2) is 0 Å². The van der Waals surface area contributed by atoms with Crippen molar-refractivity contribution in [2.45, 2.75) is 13.8 Å². The number of aromatic nitrogens is 1. The topological polar surface area (TPSA) is 50.2 Å². The number of pyridine rings is 1. The summed E-state index contributed by atoms with van der Waals surface area (Å²) >= 11 is 0. The number of carboxylic acids is 1. The van der Waals surface area contributed by atoms with Crippen LogP contribution >= 0.6 is 0 Å². The molecule has 0 aliphatic rings. The van der Waals surface area contributed by atoms with E-state index in [0.29, 0.717) is 0 Å². The maximum atomic E-state index is 10.8. The average molecular weight is 201 g/mol. The van der Waals surface area contributed by atoms with Crippen LogP contribution in [0.4, 0.5) is 0 Å². The van der Waals surface area contributed by atoms with Crippen LogP contribution in [-0.2, 0) is 0 Å². The molecule has 0 spiro atoms. The lowest BCUT2D eigenvalue weighted by molar-refractivity contribution is 0.0697. The number of carboxylic acid groups (broad SMARTS) is 1. The first kappa shape index (κ1) is 9.65. The van der Waals surface area contributed by atoms with Crippen molar-refractivity contribution in [3.8, 4) is 0 Å². The highest BCUT2D eigenvalue weighted by Gasteiger charge is 2.05. The maximum absolute atomic E-state index is 10.8. The van der Waals surface area contributed by atoms with E-state index in [-0.39, 0.29) is 5.56 Å². The Morgan fingerprint density at radius 3 is 2.67 bits per heavy atom. The van der Waals surface area contributed by atoms with Gasteiger partial charge in [0.2, 0.25) is 0 Å². The van der Waals surface area contributed by atoms with Crippen LogP contribution < -0.4 is 0 Å². The summed E-state index contributed by atoms with van der Waals surface area (Å²) in [5.41, 5.74) is 3.06. The number of hydrogen-bond donors (Lipinski definition) is 1. The number of rotatable bonds is 1. The van der Waals surface area contributed by atoms with Gasteiger partial charge in [0.1, 0.15) is 0 Å². The summed E-state index contributed by atoms with van der Waals surface area (Å²) in [6.45, 7) is 3.91. The molecule has 0 atom stereocenters. The third kappa shape index (κ3) is 1.68. The number of fused-ring (bicyclic) bond motifs is 1. The molecule has 0 amide bonds. The van der Waals surface area contributed by atoms with E-state index in [1.54, 1.807) is 18.2 Å². The van der Waals surface area contributed by atoms with Crippen LogP contribution in [0.2, 0.25) is 0 Å². The zero-order chi connectivity index (χ0) is 11.0. The zero-order valence-electron chi connectivity index (χ0n) is 8.61. The summed E-state index contributed by atoms with van der Waals surface area (Å²) in [6, 6.07) is 7.01. The van der Waals surface area contributed by atoms with Crippen molar-refractivity contribution in [3.63, 3.8) is 0 Å². The zero-order valence-corrected chi connectivity index (χ0v) is 8.61. The van der Waals surface area contributed by atoms with E-state index in [1.165, 1.54) is 0 Å². The van der Waals surface area contributed by atoms with Gasteiger partial charge in [-0.1, -0.05) is 6.07 Å². The highest BCUT2D eigenvalue weighted by Crippen LogP contribution is 2.17. The van der Waals surface area contributed by atoms with Crippen LogP contribution in [0.1, 0.15) is 21.6 Å². The molecule has 1 heterocycles. The highest BCUT2D eigenvalue weighted by atomic mass is 16.4. The Morgan fingerprint density at radius 2 is 2.00 bits per heavy atom. The number of carbonyl (C=O) groups is 1. The number of aromatic carboxylic acids is 1. The molecule has 0 unspecified atom stereocenters. The van der Waals surface area contributed by atoms with E-state index in [9.17, 15) is 4.79 Å². The molecule has 0 aliphatic heterocycles. The van der Waals surface area contributed by atoms with Crippen LogP contribution in [0.25, 0.3) is 10.9 Å². The normalized spacial score (nSPS) is 10.5. The Morgan fingerprint density at radius 1 is 1.27 bits per heavy atom. The molecule has 0 radical (unpaired) electrons. The first-order valence-corrected chi connectivity index (χ1v) is 4.69. The minimum Gasteiger partial charge on any atom is -0.478 e. The predicted molar refractivity (Wildman–Crippen MR) is 58.2 cm³/mol. The summed E-state index contributed by atoms with van der Waals surface area (Å²) in [4.78, 5) is 15.1. The second kappa shape index (κ2) is 3.35. The Bertz CT molecular complexity index is 547. The summed E-state index contributed by atoms with van der Waals surface area (Å²) in [5.74, 6) is -0.920. The standard InChI is InChI=1S/C12H11NO2/c1-7-5-9-3-4-10(12(14)15)6-11(9)13-8(7)2/h3-6H,1-2H3,(H,14,15). The smallest absolute Gasteiger partial charge is 0.335 e. The molecule has 0 saturated heterocycles. The highest BCUT2D eigenvalue weighted by molar-refractivity contribution is 5.93. The van der Waals surface area contributed by atoms with E-state index in [4.69, 9.17) is 5.11 Å². The van der Waals surface area contributed by atoms with Crippen LogP contribution in [0, 0.1) is 13.8 Å². The predicted octanol–water partition coefficient (Wildman–Crippen LogP) is 2.55. The van der Waals surface area contributed by atoms with Gasteiger partial charge in [0.05, 0.1) is 11.1 Å². The Labute approximate surface area is 87.4 Å². The number of aryl methyl sites for hydroxylation is 2. The lowest BCUT2D eigenvalue weighted by atomic mass is 10.1. The second-order valence-corrected chi connectivity index (χ2v) is 3.60. The second-order valence-electron chi connectivity index (χ2n) is 3.60. The fraction of sp³-hybridized carbons (Fsp3) is 0.167. The minimum absolute atomic E-state index is 0.276. The van der Waals surface area contributed by atoms with Gasteiger partial charge in [0.25, 0.3) is 0 Å². The quantitative estimate of drug-likeness (QED) is 0.771. The summed E-state index contributed by atoms with van der Waals surface area (Å²) < 4.78 is 0. The molecule has 3 nitrogen and oxygen atoms in total. The number of nitrogens with zero attached hydrogens (tertiary/aromatic N) is 1. The largest absolute Gasteiger partial charge is 0.478 e. The molecule has 1 aromatic carbocycles. The van der Waals surface area contributed by atoms with E-state index < -0.39 is 5.97 Å². The van der Waals surface area contributed by atoms with Crippen molar-refractivity contribution in [2.24, 2.45) is 0 Å². The fourth-order valence-corrected chi connectivity index (χ4v) is 1.50. The van der Waals surface area contributed by atoms with Crippen molar-refractivity contribution < 1.29 is 9.90 Å². The van der Waals surface area contributed by atoms with Crippen molar-refractivity contribution >= 4 is 16.9 Å². The van der Waals surface area contributed by atoms with Gasteiger partial charge >= 0.3 is 5.97 Å². The lowest BCUT2D eigenvalue weighted by Crippen LogP contribution is -1.97. The Hall–Kier alpha value is -1.90. The third-order valence-corrected chi connectivity index (χ3v) is 2.51. The lowest BCUT2D eigenvalue weighted by Gasteiger charge is -2.03. The van der Waals surface area contributed by atoms with Gasteiger partial charge in [0, 0.05) is 11.1 Å². The van der Waals surface area contributed by atoms with Gasteiger partial charge in [-0.15, -0.1) is 0 Å². The third-order valence-electron chi connectivity index (χ3n) is 2.51. The van der Waals surface area contributed by atoms with Gasteiger partial charge in [-0.25, -0.2) is 4.79 Å². The van der Waals surface area contributed by atoms with Gasteiger partial charge in [-0.2, -0.15) is 0 Å². The first-order chi connectivity index (χ1) is 7.08. The molecule has 2 rings (SSSR count). The average Bonchev–Trinajstić information content (AvgIpc) is 2.19. The van der Waals surface area contributed by atoms with Crippen LogP contribution in [-0.4, -0.2) is 16.1 Å². The Balaban J connectivity index is 2.72. The van der Waals surface area contributed by atoms with Crippen LogP contribution in [0.5, 0.6) is 0 Å². The summed E-state index contributed by atoms with van der Waals surface area (Å²) in [6.07, 6.45) is 0. The van der Waals surface area contributed by atoms with Crippen molar-refractivity contribution in [1.29, 1.82) is 0 Å². The molecule has 1 N–H and O–H groups in total. The molecule has 0 bridgehead atoms. The van der Waals surface area contributed by atoms with E-state index >= 15 is 0 Å². The Kier molecular flexibility index (Phi) is 2.15. The summed E-state index contributed by atoms with van der Waals surface area (Å²) in [5, 5.41) is 9.82. The summed E-state index contributed by atoms with van der Waals surface area (Å²) in [7, 11) is 0. The first-order valence-electron chi connectivity index (χ1n) is 4.69. The number of benzene rings is 1. The van der Waals surface area contributed by atoms with E-state index in [1.807, 2.05) is 19.9 Å². The van der Waals surface area contributed by atoms with Gasteiger partial charge in [-0.05, 0) is 37.6 Å². The van der Waals surface area contributed by atoms with Gasteiger partial charge < -0.3 is 5.11 Å². The minimum atomic E-state index is -0.920. The molecular formula is C12H11NO2. The van der Waals surface area contributed by atoms with Crippen molar-refractivity contribution in [3.05, 3.63) is 41.1 Å². The molecular weight excluding hydrogens is 190 g/mol. The molecule has 1 aromatic heterocycles. The van der Waals surface area contributed by atoms with Crippen LogP contribution in [0.3, 0.4) is 0 Å². The van der Waals surface area contributed by atoms with E-state index in [0.717, 1.165) is 22.2 Å². The SMILES string of the molecule is Cc1cc2ccc(C(=O)O)cc2nc1C. The maximum Gasteiger partial charge on any atom is 0.335 e. The van der Waals surface area contributed by atoms with E-state index in [2.05, 4.69) is 4.98 Å². The number of hydrogen-bond acceptors (Lipinski definition) is 2. The molecule has 3 heteroatoms. The monoisotopic (exact) mass is 201 g/mol. The molecule has 76 valence electrons. The van der Waals surface area contributed by atoms with Gasteiger partial charge in [-0.3, -0.25) is 4.98 Å². The van der Waals surface area contributed by atoms with Crippen molar-refractivity contribution in [2.75, 3.05) is 0 Å². The molecule has 2 aromatic rings. The van der Waals surface area contributed by atoms with Crippen molar-refractivity contribution in [1.82, 2.24) is 4.98 Å². The molecule has 0 saturated carbocycles. The molecule has 0 aliphatic carbocycles. The fourth-order valence-electron chi connectivity index (χ4n) is 1.50. The molecule has 0 fully saturated rings.